The van der Waals surface area contributed by atoms with Gasteiger partial charge in [0.25, 0.3) is 0 Å². The van der Waals surface area contributed by atoms with E-state index in [1.54, 1.807) is 11.4 Å². The third-order valence-electron chi connectivity index (χ3n) is 3.60. The van der Waals surface area contributed by atoms with Crippen LogP contribution in [0.3, 0.4) is 0 Å². The number of ether oxygens (including phenoxy) is 2. The van der Waals surface area contributed by atoms with Crippen molar-refractivity contribution in [1.29, 1.82) is 0 Å². The number of hydrogen-bond acceptors (Lipinski definition) is 7. The number of carbonyl (C=O) groups is 1. The summed E-state index contributed by atoms with van der Waals surface area (Å²) in [4.78, 5) is 15.4. The van der Waals surface area contributed by atoms with Crippen LogP contribution in [0.15, 0.2) is 52.9 Å². The van der Waals surface area contributed by atoms with E-state index in [4.69, 9.17) is 9.84 Å². The largest absolute Gasteiger partial charge is 0.573 e. The molecule has 11 heteroatoms. The molecule has 2 aromatic carbocycles. The van der Waals surface area contributed by atoms with Crippen LogP contribution in [0.1, 0.15) is 20.9 Å². The number of benzene rings is 2. The fourth-order valence-electron chi connectivity index (χ4n) is 2.24. The average molecular weight is 466 g/mol. The third-order valence-corrected chi connectivity index (χ3v) is 5.25. The van der Waals surface area contributed by atoms with Crippen LogP contribution in [0, 0.1) is 11.8 Å². The highest BCUT2D eigenvalue weighted by Crippen LogP contribution is 2.30. The van der Waals surface area contributed by atoms with Crippen LogP contribution in [-0.2, 0) is 0 Å². The number of anilines is 1. The van der Waals surface area contributed by atoms with Crippen LogP contribution in [0.5, 0.6) is 11.5 Å². The molecule has 0 aliphatic carbocycles. The molecule has 31 heavy (non-hydrogen) atoms. The molecule has 3 aromatic rings. The number of thiazole rings is 1. The number of methoxy groups -OCH3 is 1. The number of alkyl halides is 3. The van der Waals surface area contributed by atoms with Crippen molar-refractivity contribution in [3.05, 3.63) is 64.0 Å². The molecule has 1 heterocycles. The first-order chi connectivity index (χ1) is 14.7. The normalized spacial score (nSPS) is 10.7. The van der Waals surface area contributed by atoms with Crippen molar-refractivity contribution in [1.82, 2.24) is 4.98 Å². The van der Waals surface area contributed by atoms with Crippen molar-refractivity contribution < 1.29 is 32.5 Å². The molecule has 1 aromatic heterocycles. The van der Waals surface area contributed by atoms with Crippen molar-refractivity contribution in [2.75, 3.05) is 11.8 Å². The zero-order chi connectivity index (χ0) is 22.4. The lowest BCUT2D eigenvalue weighted by atomic mass is 10.2. The van der Waals surface area contributed by atoms with Gasteiger partial charge in [-0.25, -0.2) is 9.78 Å². The molecule has 160 valence electrons. The van der Waals surface area contributed by atoms with Gasteiger partial charge in [0.05, 0.1) is 18.4 Å². The summed E-state index contributed by atoms with van der Waals surface area (Å²) in [7, 11) is 1.44. The number of hydrogen-bond donors (Lipinski definition) is 2. The van der Waals surface area contributed by atoms with Gasteiger partial charge in [-0.3, -0.25) is 0 Å². The lowest BCUT2D eigenvalue weighted by Crippen LogP contribution is -2.16. The summed E-state index contributed by atoms with van der Waals surface area (Å²) in [5.74, 6) is 4.69. The Labute approximate surface area is 183 Å². The van der Waals surface area contributed by atoms with Crippen molar-refractivity contribution in [2.24, 2.45) is 0 Å². The molecule has 0 saturated carbocycles. The lowest BCUT2D eigenvalue weighted by Gasteiger charge is -2.10. The number of aromatic carboxylic acids is 1. The Hall–Kier alpha value is -3.36. The molecule has 0 atom stereocenters. The summed E-state index contributed by atoms with van der Waals surface area (Å²) in [6.07, 6.45) is -4.74. The molecule has 2 N–H and O–H groups in total. The minimum Gasteiger partial charge on any atom is -0.495 e. The maximum atomic E-state index is 12.2. The summed E-state index contributed by atoms with van der Waals surface area (Å²) >= 11 is 2.50. The summed E-state index contributed by atoms with van der Waals surface area (Å²) in [6, 6.07) is 9.68. The van der Waals surface area contributed by atoms with Gasteiger partial charge in [0.1, 0.15) is 16.5 Å². The number of halogens is 3. The number of carboxylic acids is 1. The number of carboxylic acid groups (broad SMARTS) is 1. The van der Waals surface area contributed by atoms with Gasteiger partial charge in [0, 0.05) is 22.9 Å². The number of aromatic nitrogens is 1. The van der Waals surface area contributed by atoms with Gasteiger partial charge in [-0.2, -0.15) is 0 Å². The molecule has 0 amide bonds. The fraction of sp³-hybridized carbons (Fsp3) is 0.100. The molecule has 0 spiro atoms. The molecular formula is C20H13F3N2O4S2. The molecule has 6 nitrogen and oxygen atoms in total. The van der Waals surface area contributed by atoms with Crippen LogP contribution in [0.25, 0.3) is 0 Å². The van der Waals surface area contributed by atoms with E-state index in [9.17, 15) is 18.0 Å². The SMILES string of the molecule is COc1cc(C(=O)O)ccc1NSc1csc(C#Cc2ccc(OC(F)(F)F)cc2)n1. The molecule has 0 saturated heterocycles. The second-order valence-electron chi connectivity index (χ2n) is 5.74. The van der Waals surface area contributed by atoms with Crippen molar-refractivity contribution >= 4 is 34.9 Å². The van der Waals surface area contributed by atoms with Crippen LogP contribution in [-0.4, -0.2) is 29.5 Å². The number of rotatable bonds is 6. The van der Waals surface area contributed by atoms with Gasteiger partial charge in [0.15, 0.2) is 5.01 Å². The van der Waals surface area contributed by atoms with Gasteiger partial charge in [-0.15, -0.1) is 24.5 Å². The van der Waals surface area contributed by atoms with Gasteiger partial charge < -0.3 is 19.3 Å². The summed E-state index contributed by atoms with van der Waals surface area (Å²) < 4.78 is 48.6. The fourth-order valence-corrected chi connectivity index (χ4v) is 3.69. The van der Waals surface area contributed by atoms with Crippen molar-refractivity contribution in [3.8, 4) is 23.3 Å². The molecule has 0 bridgehead atoms. The zero-order valence-corrected chi connectivity index (χ0v) is 17.3. The average Bonchev–Trinajstić information content (AvgIpc) is 3.18. The molecule has 3 rings (SSSR count). The van der Waals surface area contributed by atoms with Crippen LogP contribution < -0.4 is 14.2 Å². The maximum Gasteiger partial charge on any atom is 0.573 e. The van der Waals surface area contributed by atoms with Gasteiger partial charge in [-0.1, -0.05) is 5.92 Å². The quantitative estimate of drug-likeness (QED) is 0.379. The van der Waals surface area contributed by atoms with Crippen molar-refractivity contribution in [2.45, 2.75) is 11.4 Å². The Bertz CT molecular complexity index is 1140. The second-order valence-corrected chi connectivity index (χ2v) is 7.42. The molecule has 0 aliphatic rings. The minimum absolute atomic E-state index is 0.108. The Morgan fingerprint density at radius 2 is 1.94 bits per heavy atom. The Morgan fingerprint density at radius 1 is 1.19 bits per heavy atom. The van der Waals surface area contributed by atoms with E-state index in [2.05, 4.69) is 26.3 Å². The maximum absolute atomic E-state index is 12.2. The summed E-state index contributed by atoms with van der Waals surface area (Å²) in [5.41, 5.74) is 1.20. The second kappa shape index (κ2) is 9.63. The van der Waals surface area contributed by atoms with Gasteiger partial charge >= 0.3 is 12.3 Å². The minimum atomic E-state index is -4.74. The van der Waals surface area contributed by atoms with E-state index < -0.39 is 12.3 Å². The Balaban J connectivity index is 1.62. The number of nitrogens with one attached hydrogen (secondary N) is 1. The topological polar surface area (TPSA) is 80.7 Å². The predicted octanol–water partition coefficient (Wildman–Crippen LogP) is 5.27. The first-order valence-electron chi connectivity index (χ1n) is 8.41. The highest BCUT2D eigenvalue weighted by molar-refractivity contribution is 8.00. The van der Waals surface area contributed by atoms with E-state index in [1.807, 2.05) is 0 Å². The van der Waals surface area contributed by atoms with E-state index in [1.165, 1.54) is 66.8 Å². The molecular weight excluding hydrogens is 453 g/mol. The standard InChI is InChI=1S/C20H13F3N2O4S2/c1-28-16-10-13(19(26)27)5-8-15(16)25-31-18-11-30-17(24-18)9-4-12-2-6-14(7-3-12)29-20(21,22)23/h2-3,5-8,10-11,25H,1H3,(H,26,27). The molecule has 0 aliphatic heterocycles. The Kier molecular flexibility index (Phi) is 6.94. The van der Waals surface area contributed by atoms with E-state index in [0.717, 1.165) is 0 Å². The highest BCUT2D eigenvalue weighted by Gasteiger charge is 2.30. The van der Waals surface area contributed by atoms with Gasteiger partial charge in [-0.05, 0) is 48.4 Å². The van der Waals surface area contributed by atoms with Crippen molar-refractivity contribution in [3.63, 3.8) is 0 Å². The van der Waals surface area contributed by atoms with Crippen LogP contribution in [0.2, 0.25) is 0 Å². The van der Waals surface area contributed by atoms with E-state index in [0.29, 0.717) is 27.0 Å². The third kappa shape index (κ3) is 6.56. The molecule has 0 unspecified atom stereocenters. The first-order valence-corrected chi connectivity index (χ1v) is 10.1. The first kappa shape index (κ1) is 22.3. The Morgan fingerprint density at radius 3 is 2.58 bits per heavy atom. The summed E-state index contributed by atoms with van der Waals surface area (Å²) in [5, 5.41) is 12.0. The molecule has 0 radical (unpaired) electrons. The lowest BCUT2D eigenvalue weighted by molar-refractivity contribution is -0.274. The molecule has 0 fully saturated rings. The van der Waals surface area contributed by atoms with Gasteiger partial charge in [0.2, 0.25) is 0 Å². The summed E-state index contributed by atoms with van der Waals surface area (Å²) in [6.45, 7) is 0. The van der Waals surface area contributed by atoms with Crippen LogP contribution >= 0.6 is 23.3 Å². The highest BCUT2D eigenvalue weighted by atomic mass is 32.2. The van der Waals surface area contributed by atoms with E-state index in [-0.39, 0.29) is 11.3 Å². The smallest absolute Gasteiger partial charge is 0.495 e. The van der Waals surface area contributed by atoms with Crippen LogP contribution in [0.4, 0.5) is 18.9 Å². The monoisotopic (exact) mass is 466 g/mol. The number of nitrogens with zero attached hydrogens (tertiary/aromatic N) is 1. The zero-order valence-electron chi connectivity index (χ0n) is 15.7. The predicted molar refractivity (Wildman–Crippen MR) is 111 cm³/mol. The van der Waals surface area contributed by atoms with E-state index >= 15 is 0 Å².